The molecule has 1 heterocycles. The van der Waals surface area contributed by atoms with Crippen molar-refractivity contribution in [3.05, 3.63) is 71.1 Å². The molecule has 31 heavy (non-hydrogen) atoms. The van der Waals surface area contributed by atoms with E-state index in [1.54, 1.807) is 0 Å². The number of halogens is 2. The van der Waals surface area contributed by atoms with Crippen LogP contribution in [-0.4, -0.2) is 28.6 Å². The van der Waals surface area contributed by atoms with Crippen LogP contribution in [0.15, 0.2) is 47.0 Å². The quantitative estimate of drug-likeness (QED) is 0.544. The summed E-state index contributed by atoms with van der Waals surface area (Å²) < 4.78 is 36.6. The molecule has 0 spiro atoms. The van der Waals surface area contributed by atoms with E-state index in [-0.39, 0.29) is 31.0 Å². The Morgan fingerprint density at radius 2 is 1.87 bits per heavy atom. The summed E-state index contributed by atoms with van der Waals surface area (Å²) in [6, 6.07) is 10.4. The van der Waals surface area contributed by atoms with Crippen molar-refractivity contribution in [1.82, 2.24) is 15.5 Å². The van der Waals surface area contributed by atoms with Gasteiger partial charge < -0.3 is 14.6 Å². The number of hydrogen-bond donors (Lipinski definition) is 1. The maximum Gasteiger partial charge on any atom is 0.308 e. The van der Waals surface area contributed by atoms with E-state index in [0.29, 0.717) is 17.8 Å². The minimum atomic E-state index is -0.980. The maximum atomic E-state index is 13.6. The topological polar surface area (TPSA) is 94.3 Å². The summed E-state index contributed by atoms with van der Waals surface area (Å²) in [7, 11) is 0. The first-order valence-electron chi connectivity index (χ1n) is 9.65. The average molecular weight is 429 g/mol. The Bertz CT molecular complexity index is 1060. The van der Waals surface area contributed by atoms with Gasteiger partial charge in [-0.2, -0.15) is 4.98 Å². The molecule has 0 aliphatic heterocycles. The predicted molar refractivity (Wildman–Crippen MR) is 107 cm³/mol. The van der Waals surface area contributed by atoms with Crippen LogP contribution in [0.25, 0.3) is 11.4 Å². The zero-order valence-electron chi connectivity index (χ0n) is 17.0. The van der Waals surface area contributed by atoms with Gasteiger partial charge in [0.15, 0.2) is 6.61 Å². The minimum absolute atomic E-state index is 0.0776. The van der Waals surface area contributed by atoms with E-state index in [9.17, 15) is 18.4 Å². The summed E-state index contributed by atoms with van der Waals surface area (Å²) in [6.45, 7) is 3.91. The Morgan fingerprint density at radius 3 is 2.55 bits per heavy atom. The minimum Gasteiger partial charge on any atom is -0.456 e. The van der Waals surface area contributed by atoms with E-state index in [1.165, 1.54) is 5.56 Å². The highest BCUT2D eigenvalue weighted by atomic mass is 19.1. The lowest BCUT2D eigenvalue weighted by Crippen LogP contribution is -2.27. The highest BCUT2D eigenvalue weighted by molar-refractivity contribution is 5.94. The zero-order chi connectivity index (χ0) is 22.4. The van der Waals surface area contributed by atoms with Crippen LogP contribution in [0.5, 0.6) is 0 Å². The van der Waals surface area contributed by atoms with Crippen LogP contribution < -0.4 is 5.32 Å². The van der Waals surface area contributed by atoms with Crippen LogP contribution in [0.4, 0.5) is 8.78 Å². The number of nitrogens with zero attached hydrogens (tertiary/aromatic N) is 2. The van der Waals surface area contributed by atoms with Crippen LogP contribution in [0.3, 0.4) is 0 Å². The molecule has 0 saturated carbocycles. The Balaban J connectivity index is 1.44. The molecule has 0 atom stereocenters. The Morgan fingerprint density at radius 1 is 1.13 bits per heavy atom. The van der Waals surface area contributed by atoms with Crippen LogP contribution in [0.2, 0.25) is 0 Å². The molecular formula is C22H21F2N3O4. The lowest BCUT2D eigenvalue weighted by Gasteiger charge is -2.06. The lowest BCUT2D eigenvalue weighted by molar-refractivity contribution is -0.145. The van der Waals surface area contributed by atoms with Gasteiger partial charge in [0.05, 0.1) is 12.0 Å². The van der Waals surface area contributed by atoms with Crippen molar-refractivity contribution in [2.24, 2.45) is 0 Å². The Labute approximate surface area is 177 Å². The van der Waals surface area contributed by atoms with E-state index >= 15 is 0 Å². The highest BCUT2D eigenvalue weighted by Crippen LogP contribution is 2.20. The fraction of sp³-hybridized carbons (Fsp3) is 0.273. The average Bonchev–Trinajstić information content (AvgIpc) is 3.21. The van der Waals surface area contributed by atoms with Crippen molar-refractivity contribution in [2.75, 3.05) is 6.54 Å². The number of benzene rings is 2. The monoisotopic (exact) mass is 429 g/mol. The number of aromatic nitrogens is 2. The number of esters is 1. The number of ether oxygens (including phenoxy) is 1. The first-order chi connectivity index (χ1) is 14.8. The molecule has 9 heteroatoms. The Kier molecular flexibility index (Phi) is 7.07. The third kappa shape index (κ3) is 5.94. The summed E-state index contributed by atoms with van der Waals surface area (Å²) >= 11 is 0. The molecule has 0 saturated heterocycles. The van der Waals surface area contributed by atoms with Crippen LogP contribution in [0.1, 0.15) is 48.0 Å². The van der Waals surface area contributed by atoms with E-state index in [0.717, 1.165) is 17.7 Å². The smallest absolute Gasteiger partial charge is 0.308 e. The van der Waals surface area contributed by atoms with Crippen molar-refractivity contribution >= 4 is 11.9 Å². The van der Waals surface area contributed by atoms with E-state index in [1.807, 2.05) is 24.3 Å². The molecule has 0 aliphatic rings. The normalized spacial score (nSPS) is 10.9. The number of amides is 1. The van der Waals surface area contributed by atoms with Crippen molar-refractivity contribution in [3.8, 4) is 11.4 Å². The molecule has 2 aromatic carbocycles. The summed E-state index contributed by atoms with van der Waals surface area (Å²) in [4.78, 5) is 27.9. The standard InChI is InChI=1S/C22H21F2N3O4/c1-13(2)14-3-5-15(6-4-14)21-26-19(31-27-21)12-30-20(28)9-10-25-22(29)17-8-7-16(23)11-18(17)24/h3-8,11,13H,9-10,12H2,1-2H3,(H,25,29). The van der Waals surface area contributed by atoms with E-state index in [4.69, 9.17) is 9.26 Å². The highest BCUT2D eigenvalue weighted by Gasteiger charge is 2.14. The summed E-state index contributed by atoms with van der Waals surface area (Å²) in [5.74, 6) is -2.20. The first-order valence-corrected chi connectivity index (χ1v) is 9.65. The number of carbonyl (C=O) groups excluding carboxylic acids is 2. The molecule has 0 bridgehead atoms. The van der Waals surface area contributed by atoms with Crippen molar-refractivity contribution in [1.29, 1.82) is 0 Å². The molecule has 7 nitrogen and oxygen atoms in total. The van der Waals surface area contributed by atoms with Gasteiger partial charge in [0, 0.05) is 18.2 Å². The zero-order valence-corrected chi connectivity index (χ0v) is 17.0. The molecule has 162 valence electrons. The molecule has 0 radical (unpaired) electrons. The molecule has 0 aliphatic carbocycles. The SMILES string of the molecule is CC(C)c1ccc(-c2noc(COC(=O)CCNC(=O)c3ccc(F)cc3F)n2)cc1. The van der Waals surface area contributed by atoms with Gasteiger partial charge in [0.2, 0.25) is 5.82 Å². The van der Waals surface area contributed by atoms with Crippen LogP contribution in [-0.2, 0) is 16.1 Å². The van der Waals surface area contributed by atoms with Crippen molar-refractivity contribution < 1.29 is 27.6 Å². The fourth-order valence-corrected chi connectivity index (χ4v) is 2.71. The molecule has 3 aromatic rings. The number of rotatable bonds is 8. The molecule has 0 fully saturated rings. The van der Waals surface area contributed by atoms with Gasteiger partial charge in [0.1, 0.15) is 11.6 Å². The summed E-state index contributed by atoms with van der Waals surface area (Å²) in [5.41, 5.74) is 1.66. The second kappa shape index (κ2) is 9.92. The fourth-order valence-electron chi connectivity index (χ4n) is 2.71. The second-order valence-electron chi connectivity index (χ2n) is 7.08. The van der Waals surface area contributed by atoms with Crippen molar-refractivity contribution in [3.63, 3.8) is 0 Å². The number of carbonyl (C=O) groups is 2. The number of hydrogen-bond acceptors (Lipinski definition) is 6. The van der Waals surface area contributed by atoms with Gasteiger partial charge in [0.25, 0.3) is 11.8 Å². The molecule has 1 aromatic heterocycles. The second-order valence-corrected chi connectivity index (χ2v) is 7.08. The molecule has 0 unspecified atom stereocenters. The van der Waals surface area contributed by atoms with E-state index < -0.39 is 23.5 Å². The van der Waals surface area contributed by atoms with Gasteiger partial charge in [-0.3, -0.25) is 9.59 Å². The van der Waals surface area contributed by atoms with Gasteiger partial charge in [-0.25, -0.2) is 8.78 Å². The largest absolute Gasteiger partial charge is 0.456 e. The maximum absolute atomic E-state index is 13.6. The lowest BCUT2D eigenvalue weighted by atomic mass is 10.0. The molecular weight excluding hydrogens is 408 g/mol. The number of nitrogens with one attached hydrogen (secondary N) is 1. The summed E-state index contributed by atoms with van der Waals surface area (Å²) in [6.07, 6.45) is -0.147. The van der Waals surface area contributed by atoms with Crippen molar-refractivity contribution in [2.45, 2.75) is 32.8 Å². The first kappa shape index (κ1) is 22.1. The van der Waals surface area contributed by atoms with E-state index in [2.05, 4.69) is 29.3 Å². The molecule has 3 rings (SSSR count). The van der Waals surface area contributed by atoms with Gasteiger partial charge >= 0.3 is 5.97 Å². The van der Waals surface area contributed by atoms with Gasteiger partial charge in [-0.05, 0) is 23.6 Å². The van der Waals surface area contributed by atoms with Gasteiger partial charge in [-0.1, -0.05) is 43.3 Å². The summed E-state index contributed by atoms with van der Waals surface area (Å²) in [5, 5.41) is 6.25. The van der Waals surface area contributed by atoms with Crippen LogP contribution in [0, 0.1) is 11.6 Å². The third-order valence-electron chi connectivity index (χ3n) is 4.45. The van der Waals surface area contributed by atoms with Crippen LogP contribution >= 0.6 is 0 Å². The predicted octanol–water partition coefficient (Wildman–Crippen LogP) is 4.00. The molecule has 1 amide bonds. The third-order valence-corrected chi connectivity index (χ3v) is 4.45. The Hall–Kier alpha value is -3.62. The molecule has 1 N–H and O–H groups in total. The van der Waals surface area contributed by atoms with Gasteiger partial charge in [-0.15, -0.1) is 0 Å².